The number of thiocarbonyl (C=S) groups is 1. The SMILES string of the molecule is CCCCOc1ccc(N2C[C@H](CNC(=S)NC)OC2=O)cc1. The number of rotatable bonds is 7. The maximum atomic E-state index is 12.0. The maximum absolute atomic E-state index is 12.0. The van der Waals surface area contributed by atoms with E-state index in [1.165, 1.54) is 0 Å². The first-order valence-corrected chi connectivity index (χ1v) is 8.21. The highest BCUT2D eigenvalue weighted by molar-refractivity contribution is 7.80. The van der Waals surface area contributed by atoms with Gasteiger partial charge < -0.3 is 20.1 Å². The van der Waals surface area contributed by atoms with Crippen LogP contribution in [0.25, 0.3) is 0 Å². The summed E-state index contributed by atoms with van der Waals surface area (Å²) in [6.07, 6.45) is 1.56. The van der Waals surface area contributed by atoms with Crippen LogP contribution >= 0.6 is 12.2 Å². The molecule has 1 heterocycles. The molecule has 1 aromatic rings. The van der Waals surface area contributed by atoms with E-state index in [4.69, 9.17) is 21.7 Å². The van der Waals surface area contributed by atoms with E-state index in [-0.39, 0.29) is 12.2 Å². The summed E-state index contributed by atoms with van der Waals surface area (Å²) in [5.74, 6) is 0.812. The van der Waals surface area contributed by atoms with Crippen molar-refractivity contribution in [2.24, 2.45) is 0 Å². The van der Waals surface area contributed by atoms with Crippen LogP contribution in [0.1, 0.15) is 19.8 Å². The molecule has 126 valence electrons. The Morgan fingerprint density at radius 3 is 2.83 bits per heavy atom. The number of unbranched alkanes of at least 4 members (excludes halogenated alkanes) is 1. The molecule has 0 spiro atoms. The van der Waals surface area contributed by atoms with Crippen molar-refractivity contribution < 1.29 is 14.3 Å². The number of anilines is 1. The molecule has 1 atom stereocenters. The third kappa shape index (κ3) is 4.99. The molecule has 2 rings (SSSR count). The molecule has 1 fully saturated rings. The number of hydrogen-bond donors (Lipinski definition) is 2. The molecule has 1 aliphatic heterocycles. The normalized spacial score (nSPS) is 16.9. The van der Waals surface area contributed by atoms with E-state index in [9.17, 15) is 4.79 Å². The predicted octanol–water partition coefficient (Wildman–Crippen LogP) is 2.28. The van der Waals surface area contributed by atoms with Gasteiger partial charge in [-0.1, -0.05) is 13.3 Å². The number of carbonyl (C=O) groups excluding carboxylic acids is 1. The van der Waals surface area contributed by atoms with Gasteiger partial charge >= 0.3 is 6.09 Å². The standard InChI is InChI=1S/C16H23N3O3S/c1-3-4-9-21-13-7-5-12(6-8-13)19-11-14(22-16(19)20)10-18-15(23)17-2/h5-8,14H,3-4,9-11H2,1-2H3,(H2,17,18,23)/t14-/m0/s1. The Morgan fingerprint density at radius 1 is 1.43 bits per heavy atom. The van der Waals surface area contributed by atoms with Crippen molar-refractivity contribution in [2.75, 3.05) is 31.6 Å². The molecule has 23 heavy (non-hydrogen) atoms. The Balaban J connectivity index is 1.88. The number of carbonyl (C=O) groups is 1. The van der Waals surface area contributed by atoms with Gasteiger partial charge in [0.15, 0.2) is 5.11 Å². The summed E-state index contributed by atoms with van der Waals surface area (Å²) in [6, 6.07) is 7.49. The summed E-state index contributed by atoms with van der Waals surface area (Å²) in [6.45, 7) is 3.81. The second-order valence-electron chi connectivity index (χ2n) is 5.27. The molecule has 7 heteroatoms. The van der Waals surface area contributed by atoms with E-state index in [0.29, 0.717) is 24.8 Å². The van der Waals surface area contributed by atoms with E-state index in [0.717, 1.165) is 24.3 Å². The van der Waals surface area contributed by atoms with Crippen molar-refractivity contribution in [2.45, 2.75) is 25.9 Å². The fraction of sp³-hybridized carbons (Fsp3) is 0.500. The number of benzene rings is 1. The minimum absolute atomic E-state index is 0.228. The van der Waals surface area contributed by atoms with Gasteiger partial charge in [0.25, 0.3) is 0 Å². The van der Waals surface area contributed by atoms with Crippen molar-refractivity contribution in [1.82, 2.24) is 10.6 Å². The zero-order valence-corrected chi connectivity index (χ0v) is 14.3. The van der Waals surface area contributed by atoms with Crippen LogP contribution in [-0.4, -0.2) is 44.1 Å². The zero-order valence-electron chi connectivity index (χ0n) is 13.5. The van der Waals surface area contributed by atoms with Gasteiger partial charge in [-0.25, -0.2) is 4.79 Å². The van der Waals surface area contributed by atoms with Crippen molar-refractivity contribution in [3.05, 3.63) is 24.3 Å². The monoisotopic (exact) mass is 337 g/mol. The summed E-state index contributed by atoms with van der Waals surface area (Å²) in [4.78, 5) is 13.6. The Morgan fingerprint density at radius 2 is 2.17 bits per heavy atom. The lowest BCUT2D eigenvalue weighted by Crippen LogP contribution is -2.39. The summed E-state index contributed by atoms with van der Waals surface area (Å²) in [7, 11) is 1.74. The lowest BCUT2D eigenvalue weighted by molar-refractivity contribution is 0.143. The lowest BCUT2D eigenvalue weighted by Gasteiger charge is -2.14. The molecule has 0 bridgehead atoms. The van der Waals surface area contributed by atoms with E-state index < -0.39 is 0 Å². The summed E-state index contributed by atoms with van der Waals surface area (Å²) in [5, 5.41) is 6.36. The first-order valence-electron chi connectivity index (χ1n) is 7.80. The molecule has 1 amide bonds. The predicted molar refractivity (Wildman–Crippen MR) is 94.1 cm³/mol. The highest BCUT2D eigenvalue weighted by Gasteiger charge is 2.32. The highest BCUT2D eigenvalue weighted by atomic mass is 32.1. The number of cyclic esters (lactones) is 1. The van der Waals surface area contributed by atoms with Crippen LogP contribution in [0.4, 0.5) is 10.5 Å². The number of hydrogen-bond acceptors (Lipinski definition) is 4. The minimum atomic E-state index is -0.341. The van der Waals surface area contributed by atoms with E-state index in [1.807, 2.05) is 24.3 Å². The van der Waals surface area contributed by atoms with Gasteiger partial charge in [0.05, 0.1) is 19.7 Å². The molecule has 1 saturated heterocycles. The van der Waals surface area contributed by atoms with Gasteiger partial charge in [-0.15, -0.1) is 0 Å². The zero-order chi connectivity index (χ0) is 16.7. The van der Waals surface area contributed by atoms with Gasteiger partial charge in [-0.05, 0) is 42.9 Å². The largest absolute Gasteiger partial charge is 0.494 e. The van der Waals surface area contributed by atoms with Crippen molar-refractivity contribution in [3.63, 3.8) is 0 Å². The fourth-order valence-electron chi connectivity index (χ4n) is 2.19. The quantitative estimate of drug-likeness (QED) is 0.588. The topological polar surface area (TPSA) is 62.8 Å². The molecule has 0 radical (unpaired) electrons. The van der Waals surface area contributed by atoms with Crippen molar-refractivity contribution >= 4 is 29.1 Å². The first-order chi connectivity index (χ1) is 11.1. The molecule has 2 N–H and O–H groups in total. The number of ether oxygens (including phenoxy) is 2. The van der Waals surface area contributed by atoms with Crippen LogP contribution in [0.5, 0.6) is 5.75 Å². The molecule has 6 nitrogen and oxygen atoms in total. The van der Waals surface area contributed by atoms with Crippen LogP contribution in [0.2, 0.25) is 0 Å². The molecule has 1 aromatic carbocycles. The highest BCUT2D eigenvalue weighted by Crippen LogP contribution is 2.24. The summed E-state index contributed by atoms with van der Waals surface area (Å²) in [5.41, 5.74) is 0.802. The van der Waals surface area contributed by atoms with Crippen LogP contribution in [0, 0.1) is 0 Å². The van der Waals surface area contributed by atoms with Crippen LogP contribution < -0.4 is 20.3 Å². The molecule has 0 aliphatic carbocycles. The van der Waals surface area contributed by atoms with Crippen LogP contribution in [-0.2, 0) is 4.74 Å². The minimum Gasteiger partial charge on any atom is -0.494 e. The van der Waals surface area contributed by atoms with Gasteiger partial charge in [-0.2, -0.15) is 0 Å². The Kier molecular flexibility index (Phi) is 6.46. The third-order valence-corrected chi connectivity index (χ3v) is 3.85. The lowest BCUT2D eigenvalue weighted by atomic mass is 10.2. The Labute approximate surface area is 142 Å². The molecular weight excluding hydrogens is 314 g/mol. The van der Waals surface area contributed by atoms with Crippen molar-refractivity contribution in [3.8, 4) is 5.75 Å². The van der Waals surface area contributed by atoms with Gasteiger partial charge in [0.1, 0.15) is 11.9 Å². The molecule has 0 unspecified atom stereocenters. The van der Waals surface area contributed by atoms with E-state index in [1.54, 1.807) is 11.9 Å². The summed E-state index contributed by atoms with van der Waals surface area (Å²) < 4.78 is 11.0. The molecule has 0 saturated carbocycles. The number of amides is 1. The van der Waals surface area contributed by atoms with Crippen molar-refractivity contribution in [1.29, 1.82) is 0 Å². The fourth-order valence-corrected chi connectivity index (χ4v) is 2.27. The number of nitrogens with one attached hydrogen (secondary N) is 2. The third-order valence-electron chi connectivity index (χ3n) is 3.51. The van der Waals surface area contributed by atoms with Gasteiger partial charge in [-0.3, -0.25) is 4.90 Å². The Bertz CT molecular complexity index is 536. The second-order valence-corrected chi connectivity index (χ2v) is 5.68. The maximum Gasteiger partial charge on any atom is 0.414 e. The smallest absolute Gasteiger partial charge is 0.414 e. The van der Waals surface area contributed by atoms with Crippen LogP contribution in [0.15, 0.2) is 24.3 Å². The summed E-state index contributed by atoms with van der Waals surface area (Å²) >= 11 is 5.01. The number of nitrogens with zero attached hydrogens (tertiary/aromatic N) is 1. The molecule has 1 aliphatic rings. The van der Waals surface area contributed by atoms with E-state index >= 15 is 0 Å². The second kappa shape index (κ2) is 8.57. The van der Waals surface area contributed by atoms with E-state index in [2.05, 4.69) is 17.6 Å². The first kappa shape index (κ1) is 17.3. The molecular formula is C16H23N3O3S. The van der Waals surface area contributed by atoms with Gasteiger partial charge in [0, 0.05) is 12.7 Å². The van der Waals surface area contributed by atoms with Gasteiger partial charge in [0.2, 0.25) is 0 Å². The molecule has 0 aromatic heterocycles. The average Bonchev–Trinajstić information content (AvgIpc) is 2.94. The Hall–Kier alpha value is -2.02. The van der Waals surface area contributed by atoms with Crippen LogP contribution in [0.3, 0.4) is 0 Å². The average molecular weight is 337 g/mol.